The van der Waals surface area contributed by atoms with Gasteiger partial charge in [0.05, 0.1) is 0 Å². The summed E-state index contributed by atoms with van der Waals surface area (Å²) in [7, 11) is 0. The Bertz CT molecular complexity index is 414. The average Bonchev–Trinajstić information content (AvgIpc) is 2.80. The molecule has 0 spiro atoms. The van der Waals surface area contributed by atoms with E-state index in [2.05, 4.69) is 6.58 Å². The maximum absolute atomic E-state index is 11.8. The molecule has 1 aromatic rings. The van der Waals surface area contributed by atoms with E-state index in [4.69, 9.17) is 4.74 Å². The van der Waals surface area contributed by atoms with Crippen LogP contribution in [0.1, 0.15) is 38.2 Å². The van der Waals surface area contributed by atoms with Gasteiger partial charge in [-0.25, -0.2) is 4.79 Å². The van der Waals surface area contributed by atoms with Crippen LogP contribution < -0.4 is 0 Å². The van der Waals surface area contributed by atoms with Crippen LogP contribution in [0.25, 0.3) is 0 Å². The lowest BCUT2D eigenvalue weighted by molar-refractivity contribution is -0.155. The van der Waals surface area contributed by atoms with Crippen molar-refractivity contribution in [3.05, 3.63) is 48.0 Å². The van der Waals surface area contributed by atoms with Crippen LogP contribution in [0.5, 0.6) is 0 Å². The highest BCUT2D eigenvalue weighted by molar-refractivity contribution is 5.87. The molecule has 2 heteroatoms. The maximum Gasteiger partial charge on any atom is 0.333 e. The van der Waals surface area contributed by atoms with Crippen molar-refractivity contribution in [2.45, 2.75) is 38.2 Å². The van der Waals surface area contributed by atoms with Gasteiger partial charge in [-0.1, -0.05) is 36.9 Å². The summed E-state index contributed by atoms with van der Waals surface area (Å²) in [5.41, 5.74) is 1.15. The fourth-order valence-corrected chi connectivity index (χ4v) is 2.40. The second-order valence-corrected chi connectivity index (χ2v) is 4.74. The zero-order valence-corrected chi connectivity index (χ0v) is 10.2. The first-order chi connectivity index (χ1) is 8.14. The molecule has 17 heavy (non-hydrogen) atoms. The molecule has 1 aromatic carbocycles. The Balaban J connectivity index is 2.27. The first-order valence-corrected chi connectivity index (χ1v) is 6.08. The molecule has 1 saturated carbocycles. The number of rotatable bonds is 3. The second kappa shape index (κ2) is 4.74. The number of benzene rings is 1. The largest absolute Gasteiger partial charge is 0.451 e. The third-order valence-electron chi connectivity index (χ3n) is 3.35. The van der Waals surface area contributed by atoms with Gasteiger partial charge in [0.1, 0.15) is 5.60 Å². The van der Waals surface area contributed by atoms with Gasteiger partial charge in [-0.05, 0) is 38.2 Å². The van der Waals surface area contributed by atoms with Crippen molar-refractivity contribution < 1.29 is 9.53 Å². The summed E-state index contributed by atoms with van der Waals surface area (Å²) in [4.78, 5) is 11.8. The fraction of sp³-hybridized carbons (Fsp3) is 0.400. The number of carbonyl (C=O) groups excluding carboxylic acids is 1. The molecular weight excluding hydrogens is 212 g/mol. The standard InChI is InChI=1S/C15H18O2/c1-12(2)14(16)17-15(10-6-7-11-15)13-8-4-3-5-9-13/h3-5,8-9H,1,6-7,10-11H2,2H3. The van der Waals surface area contributed by atoms with Gasteiger partial charge in [0.25, 0.3) is 0 Å². The molecule has 0 saturated heterocycles. The molecule has 0 N–H and O–H groups in total. The lowest BCUT2D eigenvalue weighted by atomic mass is 9.92. The number of hydrogen-bond acceptors (Lipinski definition) is 2. The summed E-state index contributed by atoms with van der Waals surface area (Å²) < 4.78 is 5.71. The number of esters is 1. The zero-order chi connectivity index (χ0) is 12.3. The van der Waals surface area contributed by atoms with Crippen molar-refractivity contribution in [1.29, 1.82) is 0 Å². The number of carbonyl (C=O) groups is 1. The Morgan fingerprint density at radius 2 is 1.82 bits per heavy atom. The van der Waals surface area contributed by atoms with E-state index >= 15 is 0 Å². The van der Waals surface area contributed by atoms with Gasteiger partial charge >= 0.3 is 5.97 Å². The van der Waals surface area contributed by atoms with Crippen molar-refractivity contribution in [2.75, 3.05) is 0 Å². The van der Waals surface area contributed by atoms with E-state index in [1.807, 2.05) is 30.3 Å². The van der Waals surface area contributed by atoms with Crippen molar-refractivity contribution in [2.24, 2.45) is 0 Å². The van der Waals surface area contributed by atoms with Crippen LogP contribution in [0.15, 0.2) is 42.5 Å². The lowest BCUT2D eigenvalue weighted by Gasteiger charge is -2.29. The van der Waals surface area contributed by atoms with E-state index in [9.17, 15) is 4.79 Å². The summed E-state index contributed by atoms with van der Waals surface area (Å²) in [5.74, 6) is -0.282. The van der Waals surface area contributed by atoms with E-state index in [1.54, 1.807) is 6.92 Å². The van der Waals surface area contributed by atoms with Gasteiger partial charge in [0.2, 0.25) is 0 Å². The van der Waals surface area contributed by atoms with Crippen LogP contribution >= 0.6 is 0 Å². The highest BCUT2D eigenvalue weighted by atomic mass is 16.6. The van der Waals surface area contributed by atoms with E-state index in [-0.39, 0.29) is 5.97 Å². The van der Waals surface area contributed by atoms with Crippen LogP contribution in [0.2, 0.25) is 0 Å². The third kappa shape index (κ3) is 2.41. The Hall–Kier alpha value is -1.57. The molecule has 0 bridgehead atoms. The third-order valence-corrected chi connectivity index (χ3v) is 3.35. The highest BCUT2D eigenvalue weighted by Gasteiger charge is 2.39. The Morgan fingerprint density at radius 3 is 2.35 bits per heavy atom. The summed E-state index contributed by atoms with van der Waals surface area (Å²) in [6, 6.07) is 10.0. The summed E-state index contributed by atoms with van der Waals surface area (Å²) >= 11 is 0. The molecule has 0 aliphatic heterocycles. The smallest absolute Gasteiger partial charge is 0.333 e. The van der Waals surface area contributed by atoms with Crippen LogP contribution in [-0.4, -0.2) is 5.97 Å². The van der Waals surface area contributed by atoms with Gasteiger partial charge < -0.3 is 4.74 Å². The topological polar surface area (TPSA) is 26.3 Å². The monoisotopic (exact) mass is 230 g/mol. The molecule has 0 unspecified atom stereocenters. The van der Waals surface area contributed by atoms with Gasteiger partial charge in [0.15, 0.2) is 0 Å². The first kappa shape index (κ1) is 11.9. The summed E-state index contributed by atoms with van der Waals surface area (Å²) in [6.45, 7) is 5.34. The minimum absolute atomic E-state index is 0.282. The van der Waals surface area contributed by atoms with E-state index < -0.39 is 5.60 Å². The van der Waals surface area contributed by atoms with Crippen LogP contribution in [0.4, 0.5) is 0 Å². The van der Waals surface area contributed by atoms with E-state index in [0.717, 1.165) is 31.2 Å². The van der Waals surface area contributed by atoms with Gasteiger partial charge in [0, 0.05) is 5.57 Å². The molecule has 0 heterocycles. The Labute approximate surface area is 102 Å². The lowest BCUT2D eigenvalue weighted by Crippen LogP contribution is -2.29. The average molecular weight is 230 g/mol. The molecule has 1 aliphatic carbocycles. The minimum Gasteiger partial charge on any atom is -0.451 e. The van der Waals surface area contributed by atoms with E-state index in [0.29, 0.717) is 5.57 Å². The second-order valence-electron chi connectivity index (χ2n) is 4.74. The molecule has 1 fully saturated rings. The van der Waals surface area contributed by atoms with Crippen LogP contribution in [-0.2, 0) is 15.1 Å². The van der Waals surface area contributed by atoms with Crippen molar-refractivity contribution in [1.82, 2.24) is 0 Å². The number of hydrogen-bond donors (Lipinski definition) is 0. The van der Waals surface area contributed by atoms with Crippen LogP contribution in [0, 0.1) is 0 Å². The van der Waals surface area contributed by atoms with Crippen molar-refractivity contribution in [3.63, 3.8) is 0 Å². The van der Waals surface area contributed by atoms with Gasteiger partial charge in [-0.2, -0.15) is 0 Å². The quantitative estimate of drug-likeness (QED) is 0.586. The molecule has 2 rings (SSSR count). The molecule has 90 valence electrons. The number of ether oxygens (including phenoxy) is 1. The van der Waals surface area contributed by atoms with Crippen molar-refractivity contribution >= 4 is 5.97 Å². The van der Waals surface area contributed by atoms with Crippen molar-refractivity contribution in [3.8, 4) is 0 Å². The Morgan fingerprint density at radius 1 is 1.24 bits per heavy atom. The molecule has 0 atom stereocenters. The predicted molar refractivity (Wildman–Crippen MR) is 67.5 cm³/mol. The molecule has 0 radical (unpaired) electrons. The van der Waals surface area contributed by atoms with E-state index in [1.165, 1.54) is 0 Å². The molecule has 0 aromatic heterocycles. The summed E-state index contributed by atoms with van der Waals surface area (Å²) in [5, 5.41) is 0. The van der Waals surface area contributed by atoms with Gasteiger partial charge in [-0.3, -0.25) is 0 Å². The Kier molecular flexibility index (Phi) is 3.32. The minimum atomic E-state index is -0.419. The first-order valence-electron chi connectivity index (χ1n) is 6.08. The fourth-order valence-electron chi connectivity index (χ4n) is 2.40. The molecule has 1 aliphatic rings. The zero-order valence-electron chi connectivity index (χ0n) is 10.2. The van der Waals surface area contributed by atoms with Crippen LogP contribution in [0.3, 0.4) is 0 Å². The maximum atomic E-state index is 11.8. The normalized spacial score (nSPS) is 17.7. The predicted octanol–water partition coefficient (Wildman–Crippen LogP) is 3.58. The molecule has 0 amide bonds. The summed E-state index contributed by atoms with van der Waals surface area (Å²) in [6.07, 6.45) is 4.04. The SMILES string of the molecule is C=C(C)C(=O)OC1(c2ccccc2)CCCC1. The molecule has 2 nitrogen and oxygen atoms in total. The van der Waals surface area contributed by atoms with Gasteiger partial charge in [-0.15, -0.1) is 0 Å². The molecular formula is C15H18O2. The highest BCUT2D eigenvalue weighted by Crippen LogP contribution is 2.42.